The Bertz CT molecular complexity index is 283. The highest BCUT2D eigenvalue weighted by Gasteiger charge is 2.40. The molecule has 1 unspecified atom stereocenters. The van der Waals surface area contributed by atoms with Gasteiger partial charge in [-0.15, -0.1) is 0 Å². The molecule has 17 heavy (non-hydrogen) atoms. The summed E-state index contributed by atoms with van der Waals surface area (Å²) < 4.78 is 0. The molecular weight excluding hydrogens is 220 g/mol. The van der Waals surface area contributed by atoms with Crippen molar-refractivity contribution in [2.24, 2.45) is 11.7 Å². The number of nitrogens with one attached hydrogen (secondary N) is 1. The third-order valence-corrected chi connectivity index (χ3v) is 3.53. The molecule has 1 fully saturated rings. The van der Waals surface area contributed by atoms with Crippen molar-refractivity contribution in [2.45, 2.75) is 51.0 Å². The molecule has 1 aliphatic carbocycles. The molecule has 4 N–H and O–H groups in total. The molecular formula is C12H22N2O3. The molecule has 0 aromatic carbocycles. The number of amides is 1. The lowest BCUT2D eigenvalue weighted by molar-refractivity contribution is -0.149. The van der Waals surface area contributed by atoms with E-state index in [9.17, 15) is 14.7 Å². The minimum absolute atomic E-state index is 0.238. The van der Waals surface area contributed by atoms with E-state index < -0.39 is 11.5 Å². The summed E-state index contributed by atoms with van der Waals surface area (Å²) in [4.78, 5) is 23.2. The second-order valence-electron chi connectivity index (χ2n) is 4.93. The molecule has 0 radical (unpaired) electrons. The molecule has 1 amide bonds. The molecule has 1 aliphatic rings. The van der Waals surface area contributed by atoms with Gasteiger partial charge in [-0.2, -0.15) is 0 Å². The van der Waals surface area contributed by atoms with Crippen molar-refractivity contribution in [1.29, 1.82) is 0 Å². The Hall–Kier alpha value is -1.10. The van der Waals surface area contributed by atoms with Crippen LogP contribution >= 0.6 is 0 Å². The van der Waals surface area contributed by atoms with Crippen LogP contribution in [-0.4, -0.2) is 29.1 Å². The summed E-state index contributed by atoms with van der Waals surface area (Å²) in [6.45, 7) is 1.95. The van der Waals surface area contributed by atoms with Crippen molar-refractivity contribution < 1.29 is 14.7 Å². The van der Waals surface area contributed by atoms with E-state index in [2.05, 4.69) is 5.32 Å². The van der Waals surface area contributed by atoms with Gasteiger partial charge >= 0.3 is 5.97 Å². The zero-order valence-corrected chi connectivity index (χ0v) is 10.4. The molecule has 0 aromatic rings. The molecule has 0 bridgehead atoms. The van der Waals surface area contributed by atoms with Crippen LogP contribution in [0, 0.1) is 5.92 Å². The number of rotatable bonds is 4. The number of hydrogen-bond acceptors (Lipinski definition) is 3. The molecule has 0 spiro atoms. The average Bonchev–Trinajstić information content (AvgIpc) is 2.54. The Balaban J connectivity index is 2.77. The molecule has 1 atom stereocenters. The Morgan fingerprint density at radius 2 is 1.82 bits per heavy atom. The summed E-state index contributed by atoms with van der Waals surface area (Å²) in [7, 11) is 0. The van der Waals surface area contributed by atoms with Crippen LogP contribution in [0.5, 0.6) is 0 Å². The topological polar surface area (TPSA) is 92.4 Å². The maximum Gasteiger partial charge on any atom is 0.329 e. The zero-order chi connectivity index (χ0) is 12.9. The lowest BCUT2D eigenvalue weighted by atomic mass is 9.89. The SMILES string of the molecule is CC(CN)C(=O)NC1(C(=O)O)CCCCCC1. The highest BCUT2D eigenvalue weighted by molar-refractivity contribution is 5.88. The van der Waals surface area contributed by atoms with Gasteiger partial charge in [0.2, 0.25) is 5.91 Å². The number of carboxylic acid groups (broad SMARTS) is 1. The first-order valence-electron chi connectivity index (χ1n) is 6.27. The predicted molar refractivity (Wildman–Crippen MR) is 64.4 cm³/mol. The maximum atomic E-state index is 11.8. The molecule has 98 valence electrons. The summed E-state index contributed by atoms with van der Waals surface area (Å²) >= 11 is 0. The summed E-state index contributed by atoms with van der Waals surface area (Å²) in [6.07, 6.45) is 4.82. The zero-order valence-electron chi connectivity index (χ0n) is 10.4. The molecule has 5 nitrogen and oxygen atoms in total. The van der Waals surface area contributed by atoms with Crippen LogP contribution in [0.15, 0.2) is 0 Å². The van der Waals surface area contributed by atoms with Gasteiger partial charge in [0.25, 0.3) is 0 Å². The lowest BCUT2D eigenvalue weighted by Gasteiger charge is -2.30. The van der Waals surface area contributed by atoms with E-state index in [1.54, 1.807) is 6.92 Å². The Morgan fingerprint density at radius 3 is 2.24 bits per heavy atom. The minimum atomic E-state index is -1.07. The first-order valence-corrected chi connectivity index (χ1v) is 6.27. The van der Waals surface area contributed by atoms with E-state index in [0.717, 1.165) is 25.7 Å². The summed E-state index contributed by atoms with van der Waals surface area (Å²) in [5, 5.41) is 12.1. The standard InChI is InChI=1S/C12H22N2O3/c1-9(8-13)10(15)14-12(11(16)17)6-4-2-3-5-7-12/h9H,2-8,13H2,1H3,(H,14,15)(H,16,17). The van der Waals surface area contributed by atoms with Gasteiger partial charge in [0, 0.05) is 12.5 Å². The number of carbonyl (C=O) groups excluding carboxylic acids is 1. The highest BCUT2D eigenvalue weighted by Crippen LogP contribution is 2.27. The lowest BCUT2D eigenvalue weighted by Crippen LogP contribution is -2.56. The van der Waals surface area contributed by atoms with Gasteiger partial charge in [0.1, 0.15) is 5.54 Å². The van der Waals surface area contributed by atoms with E-state index >= 15 is 0 Å². The first-order chi connectivity index (χ1) is 8.02. The fraction of sp³-hybridized carbons (Fsp3) is 0.833. The van der Waals surface area contributed by atoms with Crippen molar-refractivity contribution in [2.75, 3.05) is 6.54 Å². The van der Waals surface area contributed by atoms with E-state index in [0.29, 0.717) is 12.8 Å². The third kappa shape index (κ3) is 3.43. The number of carbonyl (C=O) groups is 2. The van der Waals surface area contributed by atoms with Gasteiger partial charge in [-0.25, -0.2) is 4.79 Å². The normalized spacial score (nSPS) is 21.3. The Labute approximate surface area is 102 Å². The van der Waals surface area contributed by atoms with Gasteiger partial charge in [-0.1, -0.05) is 32.6 Å². The molecule has 0 aliphatic heterocycles. The van der Waals surface area contributed by atoms with Crippen LogP contribution in [0.2, 0.25) is 0 Å². The van der Waals surface area contributed by atoms with Crippen LogP contribution in [0.4, 0.5) is 0 Å². The smallest absolute Gasteiger partial charge is 0.329 e. The van der Waals surface area contributed by atoms with E-state index in [1.807, 2.05) is 0 Å². The number of hydrogen-bond donors (Lipinski definition) is 3. The van der Waals surface area contributed by atoms with Gasteiger partial charge in [-0.3, -0.25) is 4.79 Å². The number of carboxylic acids is 1. The fourth-order valence-corrected chi connectivity index (χ4v) is 2.19. The molecule has 0 saturated heterocycles. The van der Waals surface area contributed by atoms with Crippen LogP contribution < -0.4 is 11.1 Å². The summed E-state index contributed by atoms with van der Waals surface area (Å²) in [5.74, 6) is -1.51. The summed E-state index contributed by atoms with van der Waals surface area (Å²) in [6, 6.07) is 0. The molecule has 0 heterocycles. The van der Waals surface area contributed by atoms with Gasteiger partial charge in [0.15, 0.2) is 0 Å². The second kappa shape index (κ2) is 6.00. The van der Waals surface area contributed by atoms with E-state index in [4.69, 9.17) is 5.73 Å². The molecule has 5 heteroatoms. The molecule has 0 aromatic heterocycles. The Kier molecular flexibility index (Phi) is 4.93. The predicted octanol–water partition coefficient (Wildman–Crippen LogP) is 0.875. The van der Waals surface area contributed by atoms with E-state index in [-0.39, 0.29) is 18.4 Å². The van der Waals surface area contributed by atoms with Crippen molar-refractivity contribution in [3.63, 3.8) is 0 Å². The van der Waals surface area contributed by atoms with Crippen LogP contribution in [0.1, 0.15) is 45.4 Å². The highest BCUT2D eigenvalue weighted by atomic mass is 16.4. The maximum absolute atomic E-state index is 11.8. The summed E-state index contributed by atoms with van der Waals surface area (Å²) in [5.41, 5.74) is 4.35. The van der Waals surface area contributed by atoms with Gasteiger partial charge in [-0.05, 0) is 12.8 Å². The number of nitrogens with two attached hydrogens (primary N) is 1. The first kappa shape index (κ1) is 14.0. The van der Waals surface area contributed by atoms with Crippen LogP contribution in [0.25, 0.3) is 0 Å². The molecule has 1 saturated carbocycles. The number of aliphatic carboxylic acids is 1. The third-order valence-electron chi connectivity index (χ3n) is 3.53. The minimum Gasteiger partial charge on any atom is -0.480 e. The van der Waals surface area contributed by atoms with E-state index in [1.165, 1.54) is 0 Å². The fourth-order valence-electron chi connectivity index (χ4n) is 2.19. The van der Waals surface area contributed by atoms with Crippen molar-refractivity contribution in [3.8, 4) is 0 Å². The van der Waals surface area contributed by atoms with Crippen LogP contribution in [-0.2, 0) is 9.59 Å². The van der Waals surface area contributed by atoms with Gasteiger partial charge < -0.3 is 16.2 Å². The largest absolute Gasteiger partial charge is 0.480 e. The van der Waals surface area contributed by atoms with Crippen LogP contribution in [0.3, 0.4) is 0 Å². The van der Waals surface area contributed by atoms with Crippen molar-refractivity contribution in [3.05, 3.63) is 0 Å². The van der Waals surface area contributed by atoms with Crippen molar-refractivity contribution >= 4 is 11.9 Å². The van der Waals surface area contributed by atoms with Gasteiger partial charge in [0.05, 0.1) is 0 Å². The van der Waals surface area contributed by atoms with Crippen molar-refractivity contribution in [1.82, 2.24) is 5.32 Å². The molecule has 1 rings (SSSR count). The average molecular weight is 242 g/mol. The monoisotopic (exact) mass is 242 g/mol. The quantitative estimate of drug-likeness (QED) is 0.638. The second-order valence-corrected chi connectivity index (χ2v) is 4.93. The Morgan fingerprint density at radius 1 is 1.29 bits per heavy atom.